The number of nitrogens with zero attached hydrogens (tertiary/aromatic N) is 6. The summed E-state index contributed by atoms with van der Waals surface area (Å²) in [6.07, 6.45) is 4.31. The van der Waals surface area contributed by atoms with Gasteiger partial charge in [0.1, 0.15) is 18.6 Å². The zero-order chi connectivity index (χ0) is 18.8. The summed E-state index contributed by atoms with van der Waals surface area (Å²) in [5, 5.41) is 15.0. The van der Waals surface area contributed by atoms with E-state index in [-0.39, 0.29) is 17.6 Å². The number of hydrogen-bond acceptors (Lipinski definition) is 9. The van der Waals surface area contributed by atoms with Crippen LogP contribution in [0.4, 0.5) is 5.13 Å². The number of nitrogens with one attached hydrogen (secondary N) is 1. The number of carbonyl (C=O) groups excluding carboxylic acids is 2. The molecule has 0 aliphatic heterocycles. The Bertz CT molecular complexity index is 969. The van der Waals surface area contributed by atoms with Gasteiger partial charge < -0.3 is 4.74 Å². The van der Waals surface area contributed by atoms with Gasteiger partial charge in [0.2, 0.25) is 0 Å². The van der Waals surface area contributed by atoms with Crippen LogP contribution in [-0.4, -0.2) is 48.4 Å². The van der Waals surface area contributed by atoms with Gasteiger partial charge in [0.15, 0.2) is 16.6 Å². The number of aromatic nitrogens is 6. The second-order valence-electron chi connectivity index (χ2n) is 5.74. The van der Waals surface area contributed by atoms with Gasteiger partial charge in [-0.2, -0.15) is 5.10 Å². The van der Waals surface area contributed by atoms with E-state index >= 15 is 0 Å². The highest BCUT2D eigenvalue weighted by Gasteiger charge is 2.33. The molecular formula is C16H15N7O3S. The Kier molecular flexibility index (Phi) is 4.59. The van der Waals surface area contributed by atoms with Gasteiger partial charge >= 0.3 is 5.97 Å². The molecule has 0 fully saturated rings. The topological polar surface area (TPSA) is 125 Å². The van der Waals surface area contributed by atoms with Gasteiger partial charge in [0.05, 0.1) is 12.3 Å². The molecule has 4 rings (SSSR count). The normalized spacial score (nSPS) is 15.4. The zero-order valence-electron chi connectivity index (χ0n) is 14.3. The van der Waals surface area contributed by atoms with E-state index in [9.17, 15) is 9.59 Å². The summed E-state index contributed by atoms with van der Waals surface area (Å²) in [6.45, 7) is 2.11. The molecule has 0 spiro atoms. The number of anilines is 1. The highest BCUT2D eigenvalue weighted by atomic mass is 32.1. The molecule has 1 amide bonds. The van der Waals surface area contributed by atoms with Crippen LogP contribution < -0.4 is 5.32 Å². The van der Waals surface area contributed by atoms with Crippen LogP contribution in [0.5, 0.6) is 0 Å². The van der Waals surface area contributed by atoms with E-state index in [0.29, 0.717) is 29.7 Å². The van der Waals surface area contributed by atoms with Crippen molar-refractivity contribution < 1.29 is 14.3 Å². The summed E-state index contributed by atoms with van der Waals surface area (Å²) < 4.78 is 6.53. The van der Waals surface area contributed by atoms with E-state index in [0.717, 1.165) is 11.3 Å². The number of carbonyl (C=O) groups is 2. The predicted molar refractivity (Wildman–Crippen MR) is 94.7 cm³/mol. The quantitative estimate of drug-likeness (QED) is 0.653. The molecule has 11 heteroatoms. The van der Waals surface area contributed by atoms with Gasteiger partial charge in [-0.15, -0.1) is 21.5 Å². The molecule has 3 heterocycles. The molecule has 1 aliphatic rings. The molecule has 0 aromatic carbocycles. The molecule has 1 unspecified atom stereocenters. The summed E-state index contributed by atoms with van der Waals surface area (Å²) in [4.78, 5) is 33.6. The molecule has 0 saturated carbocycles. The fourth-order valence-electron chi connectivity index (χ4n) is 2.81. The Morgan fingerprint density at radius 3 is 2.96 bits per heavy atom. The third-order valence-corrected chi connectivity index (χ3v) is 5.09. The number of amides is 1. The Balaban J connectivity index is 1.46. The van der Waals surface area contributed by atoms with E-state index in [2.05, 4.69) is 30.6 Å². The van der Waals surface area contributed by atoms with E-state index in [1.807, 2.05) is 0 Å². The molecule has 27 heavy (non-hydrogen) atoms. The van der Waals surface area contributed by atoms with E-state index in [4.69, 9.17) is 4.74 Å². The van der Waals surface area contributed by atoms with Crippen LogP contribution in [0.2, 0.25) is 0 Å². The molecule has 0 saturated heterocycles. The van der Waals surface area contributed by atoms with Gasteiger partial charge in [0, 0.05) is 4.88 Å². The molecule has 3 aromatic heterocycles. The zero-order valence-corrected chi connectivity index (χ0v) is 15.1. The van der Waals surface area contributed by atoms with Crippen LogP contribution in [0, 0.1) is 0 Å². The molecule has 0 bridgehead atoms. The Hall–Kier alpha value is -3.21. The number of hydrogen-bond donors (Lipinski definition) is 1. The highest BCUT2D eigenvalue weighted by molar-refractivity contribution is 7.16. The van der Waals surface area contributed by atoms with E-state index < -0.39 is 5.91 Å². The monoisotopic (exact) mass is 385 g/mol. The Labute approximate surface area is 157 Å². The first kappa shape index (κ1) is 17.2. The lowest BCUT2D eigenvalue weighted by Gasteiger charge is -2.07. The first-order valence-electron chi connectivity index (χ1n) is 8.32. The van der Waals surface area contributed by atoms with Crippen molar-refractivity contribution in [3.05, 3.63) is 41.1 Å². The standard InChI is InChI=1S/C16H15N7O3S/c1-2-26-15(25)9-3-5-11-13(9)19-16(27-11)20-14(24)10-4-6-12(22-21-10)23-8-17-7-18-23/h4,6-9H,2-3,5H2,1H3,(H,19,20,24). The van der Waals surface area contributed by atoms with Gasteiger partial charge in [0.25, 0.3) is 5.91 Å². The second-order valence-corrected chi connectivity index (χ2v) is 6.83. The summed E-state index contributed by atoms with van der Waals surface area (Å²) >= 11 is 1.36. The van der Waals surface area contributed by atoms with Crippen LogP contribution >= 0.6 is 11.3 Å². The number of esters is 1. The maximum Gasteiger partial charge on any atom is 0.315 e. The minimum absolute atomic E-state index is 0.149. The van der Waals surface area contributed by atoms with Crippen LogP contribution in [0.1, 0.15) is 40.3 Å². The van der Waals surface area contributed by atoms with E-state index in [1.165, 1.54) is 28.7 Å². The SMILES string of the molecule is CCOC(=O)C1CCc2sc(NC(=O)c3ccc(-n4cncn4)nn3)nc21. The Morgan fingerprint density at radius 2 is 2.26 bits per heavy atom. The van der Waals surface area contributed by atoms with Crippen molar-refractivity contribution >= 4 is 28.3 Å². The second kappa shape index (κ2) is 7.19. The molecule has 3 aromatic rings. The van der Waals surface area contributed by atoms with Gasteiger partial charge in [-0.3, -0.25) is 14.9 Å². The summed E-state index contributed by atoms with van der Waals surface area (Å²) in [5.41, 5.74) is 0.845. The number of ether oxygens (including phenoxy) is 1. The first-order chi connectivity index (χ1) is 13.2. The van der Waals surface area contributed by atoms with Crippen molar-refractivity contribution in [2.45, 2.75) is 25.7 Å². The van der Waals surface area contributed by atoms with Crippen molar-refractivity contribution in [2.75, 3.05) is 11.9 Å². The fourth-order valence-corrected chi connectivity index (χ4v) is 3.84. The third-order valence-electron chi connectivity index (χ3n) is 4.05. The van der Waals surface area contributed by atoms with Crippen molar-refractivity contribution in [2.24, 2.45) is 0 Å². The van der Waals surface area contributed by atoms with Gasteiger partial charge in [-0.1, -0.05) is 0 Å². The molecule has 10 nitrogen and oxygen atoms in total. The fraction of sp³-hybridized carbons (Fsp3) is 0.312. The smallest absolute Gasteiger partial charge is 0.315 e. The van der Waals surface area contributed by atoms with Crippen LogP contribution in [0.3, 0.4) is 0 Å². The summed E-state index contributed by atoms with van der Waals surface area (Å²) in [7, 11) is 0. The lowest BCUT2D eigenvalue weighted by molar-refractivity contribution is -0.145. The maximum atomic E-state index is 12.4. The number of thiazole rings is 1. The maximum absolute atomic E-state index is 12.4. The number of aryl methyl sites for hydroxylation is 1. The Morgan fingerprint density at radius 1 is 1.37 bits per heavy atom. The van der Waals surface area contributed by atoms with Crippen molar-refractivity contribution in [3.63, 3.8) is 0 Å². The van der Waals surface area contributed by atoms with Crippen molar-refractivity contribution in [1.29, 1.82) is 0 Å². The summed E-state index contributed by atoms with van der Waals surface area (Å²) in [6, 6.07) is 3.16. The lowest BCUT2D eigenvalue weighted by Crippen LogP contribution is -2.16. The summed E-state index contributed by atoms with van der Waals surface area (Å²) in [5.74, 6) is -0.597. The van der Waals surface area contributed by atoms with Crippen molar-refractivity contribution in [1.82, 2.24) is 29.9 Å². The van der Waals surface area contributed by atoms with Crippen molar-refractivity contribution in [3.8, 4) is 5.82 Å². The van der Waals surface area contributed by atoms with Gasteiger partial charge in [-0.25, -0.2) is 14.6 Å². The minimum Gasteiger partial charge on any atom is -0.465 e. The minimum atomic E-state index is -0.423. The number of fused-ring (bicyclic) bond motifs is 1. The van der Waals surface area contributed by atoms with Gasteiger partial charge in [-0.05, 0) is 31.9 Å². The predicted octanol–water partition coefficient (Wildman–Crippen LogP) is 1.36. The van der Waals surface area contributed by atoms with Crippen LogP contribution in [-0.2, 0) is 16.0 Å². The highest BCUT2D eigenvalue weighted by Crippen LogP contribution is 2.39. The molecular weight excluding hydrogens is 370 g/mol. The molecule has 1 aliphatic carbocycles. The largest absolute Gasteiger partial charge is 0.465 e. The molecule has 1 N–H and O–H groups in total. The third kappa shape index (κ3) is 3.40. The van der Waals surface area contributed by atoms with Crippen LogP contribution in [0.25, 0.3) is 5.82 Å². The first-order valence-corrected chi connectivity index (χ1v) is 9.13. The molecule has 138 valence electrons. The van der Waals surface area contributed by atoms with E-state index in [1.54, 1.807) is 19.1 Å². The number of rotatable bonds is 5. The lowest BCUT2D eigenvalue weighted by atomic mass is 10.1. The average Bonchev–Trinajstić information content (AvgIpc) is 3.39. The molecule has 0 radical (unpaired) electrons. The van der Waals surface area contributed by atoms with Crippen LogP contribution in [0.15, 0.2) is 24.8 Å². The average molecular weight is 385 g/mol. The molecule has 1 atom stereocenters.